The normalized spacial score (nSPS) is 9.64. The van der Waals surface area contributed by atoms with Crippen LogP contribution in [0.15, 0.2) is 24.3 Å². The van der Waals surface area contributed by atoms with Crippen LogP contribution in [-0.2, 0) is 4.57 Å². The quantitative estimate of drug-likeness (QED) is 0.406. The summed E-state index contributed by atoms with van der Waals surface area (Å²) in [6.45, 7) is 1.87. The maximum Gasteiger partial charge on any atom is 1.00 e. The van der Waals surface area contributed by atoms with Crippen molar-refractivity contribution in [2.45, 2.75) is 6.92 Å². The third-order valence-corrected chi connectivity index (χ3v) is 1.85. The SMILES string of the molecule is Cc1ccc(NP(=O)([O-])[O-])cc1.[Na+].[Na+]. The van der Waals surface area contributed by atoms with Crippen molar-refractivity contribution in [1.29, 1.82) is 0 Å². The Bertz CT molecular complexity index is 311. The fourth-order valence-electron chi connectivity index (χ4n) is 0.786. The molecule has 0 aliphatic heterocycles. The van der Waals surface area contributed by atoms with Crippen molar-refractivity contribution < 1.29 is 73.5 Å². The Morgan fingerprint density at radius 2 is 1.57 bits per heavy atom. The molecule has 0 heterocycles. The van der Waals surface area contributed by atoms with Gasteiger partial charge >= 0.3 is 59.1 Å². The largest absolute Gasteiger partial charge is 1.00 e. The number of benzene rings is 1. The van der Waals surface area contributed by atoms with E-state index in [4.69, 9.17) is 0 Å². The van der Waals surface area contributed by atoms with Crippen molar-refractivity contribution in [1.82, 2.24) is 0 Å². The van der Waals surface area contributed by atoms with E-state index in [1.165, 1.54) is 12.1 Å². The van der Waals surface area contributed by atoms with Gasteiger partial charge in [-0.1, -0.05) is 17.7 Å². The second-order valence-electron chi connectivity index (χ2n) is 2.48. The Morgan fingerprint density at radius 3 is 1.93 bits per heavy atom. The summed E-state index contributed by atoms with van der Waals surface area (Å²) in [5, 5.41) is 1.85. The molecule has 0 atom stereocenters. The van der Waals surface area contributed by atoms with E-state index in [1.807, 2.05) is 12.0 Å². The van der Waals surface area contributed by atoms with Crippen molar-refractivity contribution in [3.8, 4) is 0 Å². The standard InChI is InChI=1S/C7H10NO3P.2Na/c1-6-2-4-7(5-3-6)8-12(9,10)11;;/h2-5H,1H3,(H3,8,9,10,11);;/q;2*+1/p-2. The summed E-state index contributed by atoms with van der Waals surface area (Å²) in [7, 11) is -4.65. The van der Waals surface area contributed by atoms with Crippen LogP contribution in [-0.4, -0.2) is 0 Å². The minimum atomic E-state index is -4.65. The summed E-state index contributed by atoms with van der Waals surface area (Å²) in [6, 6.07) is 6.52. The Kier molecular flexibility index (Phi) is 9.34. The first-order valence-electron chi connectivity index (χ1n) is 3.34. The van der Waals surface area contributed by atoms with Crippen LogP contribution >= 0.6 is 7.75 Å². The molecule has 0 aromatic heterocycles. The fourth-order valence-corrected chi connectivity index (χ4v) is 1.25. The molecule has 0 aliphatic carbocycles. The third-order valence-electron chi connectivity index (χ3n) is 1.32. The van der Waals surface area contributed by atoms with Gasteiger partial charge < -0.3 is 19.4 Å². The molecule has 0 radical (unpaired) electrons. The molecule has 1 aromatic carbocycles. The van der Waals surface area contributed by atoms with Gasteiger partial charge in [0.05, 0.1) is 0 Å². The Balaban J connectivity index is 0. The van der Waals surface area contributed by atoms with E-state index in [9.17, 15) is 14.4 Å². The number of nitrogens with one attached hydrogen (secondary N) is 1. The summed E-state index contributed by atoms with van der Waals surface area (Å²) >= 11 is 0. The first-order chi connectivity index (χ1) is 5.47. The summed E-state index contributed by atoms with van der Waals surface area (Å²) in [4.78, 5) is 20.5. The molecule has 1 rings (SSSR count). The van der Waals surface area contributed by atoms with Crippen molar-refractivity contribution in [3.63, 3.8) is 0 Å². The molecule has 0 saturated heterocycles. The third kappa shape index (κ3) is 7.46. The van der Waals surface area contributed by atoms with Crippen LogP contribution in [0.3, 0.4) is 0 Å². The molecule has 0 amide bonds. The van der Waals surface area contributed by atoms with Gasteiger partial charge in [-0.25, -0.2) is 0 Å². The van der Waals surface area contributed by atoms with E-state index in [2.05, 4.69) is 0 Å². The second-order valence-corrected chi connectivity index (χ2v) is 3.69. The van der Waals surface area contributed by atoms with Crippen LogP contribution in [0.1, 0.15) is 5.56 Å². The molecule has 4 nitrogen and oxygen atoms in total. The van der Waals surface area contributed by atoms with Crippen LogP contribution in [0.25, 0.3) is 0 Å². The molecule has 1 aromatic rings. The van der Waals surface area contributed by atoms with Gasteiger partial charge in [0.1, 0.15) is 0 Å². The average molecular weight is 231 g/mol. The van der Waals surface area contributed by atoms with Crippen LogP contribution < -0.4 is 74.0 Å². The molecule has 0 unspecified atom stereocenters. The van der Waals surface area contributed by atoms with Crippen molar-refractivity contribution in [3.05, 3.63) is 29.8 Å². The smallest absolute Gasteiger partial charge is 0.795 e. The summed E-state index contributed by atoms with van der Waals surface area (Å²) in [5.74, 6) is 0. The molecule has 1 N–H and O–H groups in total. The maximum atomic E-state index is 10.2. The zero-order valence-electron chi connectivity index (χ0n) is 8.48. The van der Waals surface area contributed by atoms with E-state index >= 15 is 0 Å². The van der Waals surface area contributed by atoms with Gasteiger partial charge in [0.25, 0.3) is 0 Å². The maximum absolute atomic E-state index is 10.2. The summed E-state index contributed by atoms with van der Waals surface area (Å²) < 4.78 is 10.2. The van der Waals surface area contributed by atoms with E-state index < -0.39 is 7.75 Å². The van der Waals surface area contributed by atoms with E-state index in [-0.39, 0.29) is 59.1 Å². The van der Waals surface area contributed by atoms with E-state index in [0.29, 0.717) is 5.69 Å². The molecule has 0 fully saturated rings. The summed E-state index contributed by atoms with van der Waals surface area (Å²) in [5.41, 5.74) is 1.31. The number of rotatable bonds is 2. The van der Waals surface area contributed by atoms with Gasteiger partial charge in [0.15, 0.2) is 0 Å². The van der Waals surface area contributed by atoms with E-state index in [0.717, 1.165) is 5.56 Å². The van der Waals surface area contributed by atoms with Gasteiger partial charge in [-0.3, -0.25) is 0 Å². The zero-order valence-corrected chi connectivity index (χ0v) is 13.4. The molecule has 0 bridgehead atoms. The molecule has 66 valence electrons. The monoisotopic (exact) mass is 231 g/mol. The van der Waals surface area contributed by atoms with Crippen LogP contribution in [0.4, 0.5) is 5.69 Å². The fraction of sp³-hybridized carbons (Fsp3) is 0.143. The predicted octanol–water partition coefficient (Wildman–Crippen LogP) is -5.76. The minimum absolute atomic E-state index is 0. The van der Waals surface area contributed by atoms with Crippen molar-refractivity contribution in [2.75, 3.05) is 5.09 Å². The topological polar surface area (TPSA) is 75.2 Å². The van der Waals surface area contributed by atoms with E-state index in [1.54, 1.807) is 12.1 Å². The molecule has 0 saturated carbocycles. The van der Waals surface area contributed by atoms with Gasteiger partial charge in [-0.2, -0.15) is 0 Å². The van der Waals surface area contributed by atoms with Gasteiger partial charge in [0, 0.05) is 13.4 Å². The molecular formula is C7H8NNa2O3P. The zero-order chi connectivity index (χ0) is 9.19. The number of aryl methyl sites for hydroxylation is 1. The second kappa shape index (κ2) is 7.44. The summed E-state index contributed by atoms with van der Waals surface area (Å²) in [6.07, 6.45) is 0. The first kappa shape index (κ1) is 17.6. The van der Waals surface area contributed by atoms with Gasteiger partial charge in [-0.15, -0.1) is 0 Å². The van der Waals surface area contributed by atoms with Gasteiger partial charge in [-0.05, 0) is 19.1 Å². The molecule has 14 heavy (non-hydrogen) atoms. The molecule has 0 aliphatic rings. The molecule has 7 heteroatoms. The van der Waals surface area contributed by atoms with Gasteiger partial charge in [0.2, 0.25) is 0 Å². The van der Waals surface area contributed by atoms with Crippen LogP contribution in [0, 0.1) is 6.92 Å². The Hall–Kier alpha value is 1.17. The van der Waals surface area contributed by atoms with Crippen molar-refractivity contribution >= 4 is 13.4 Å². The molecule has 0 spiro atoms. The predicted molar refractivity (Wildman–Crippen MR) is 42.4 cm³/mol. The Labute approximate surface area is 127 Å². The number of anilines is 1. The number of hydrogen-bond donors (Lipinski definition) is 1. The number of hydrogen-bond acceptors (Lipinski definition) is 3. The first-order valence-corrected chi connectivity index (χ1v) is 4.89. The minimum Gasteiger partial charge on any atom is -0.795 e. The van der Waals surface area contributed by atoms with Crippen LogP contribution in [0.2, 0.25) is 0 Å². The Morgan fingerprint density at radius 1 is 1.14 bits per heavy atom. The van der Waals surface area contributed by atoms with Crippen molar-refractivity contribution in [2.24, 2.45) is 0 Å². The average Bonchev–Trinajstić information content (AvgIpc) is 1.91. The molecular weight excluding hydrogens is 223 g/mol. The van der Waals surface area contributed by atoms with Crippen LogP contribution in [0.5, 0.6) is 0 Å².